The molecule has 3 heteroatoms. The summed E-state index contributed by atoms with van der Waals surface area (Å²) in [5.74, 6) is 1.82. The average molecular weight is 252 g/mol. The maximum atomic E-state index is 5.89. The summed E-state index contributed by atoms with van der Waals surface area (Å²) in [6.07, 6.45) is 4.85. The van der Waals surface area contributed by atoms with Gasteiger partial charge in [-0.2, -0.15) is 0 Å². The standard InChI is InChI=1S/C14H20O2S/c1-14(2,3)16-12-7-11(15-10-5-6-10)8-13(9-12)17-4/h7-10H,5-6H2,1-4H3. The van der Waals surface area contributed by atoms with Gasteiger partial charge in [0.05, 0.1) is 6.10 Å². The van der Waals surface area contributed by atoms with Crippen LogP contribution in [0.15, 0.2) is 23.1 Å². The van der Waals surface area contributed by atoms with Crippen molar-refractivity contribution >= 4 is 11.8 Å². The van der Waals surface area contributed by atoms with Gasteiger partial charge in [-0.05, 0) is 52.0 Å². The molecule has 2 nitrogen and oxygen atoms in total. The molecule has 1 fully saturated rings. The molecule has 0 aromatic heterocycles. The Morgan fingerprint density at radius 1 is 1.12 bits per heavy atom. The van der Waals surface area contributed by atoms with Gasteiger partial charge in [0.1, 0.15) is 17.1 Å². The van der Waals surface area contributed by atoms with Crippen LogP contribution in [0.3, 0.4) is 0 Å². The van der Waals surface area contributed by atoms with Crippen LogP contribution in [0.5, 0.6) is 11.5 Å². The molecular weight excluding hydrogens is 232 g/mol. The highest BCUT2D eigenvalue weighted by Crippen LogP contribution is 2.33. The van der Waals surface area contributed by atoms with Gasteiger partial charge in [-0.25, -0.2) is 0 Å². The number of rotatable bonds is 4. The minimum Gasteiger partial charge on any atom is -0.490 e. The molecule has 1 aromatic rings. The molecule has 17 heavy (non-hydrogen) atoms. The zero-order valence-corrected chi connectivity index (χ0v) is 11.8. The van der Waals surface area contributed by atoms with Crippen LogP contribution in [0.1, 0.15) is 33.6 Å². The van der Waals surface area contributed by atoms with E-state index in [9.17, 15) is 0 Å². The molecule has 0 atom stereocenters. The van der Waals surface area contributed by atoms with Crippen molar-refractivity contribution in [3.8, 4) is 11.5 Å². The predicted molar refractivity (Wildman–Crippen MR) is 72.3 cm³/mol. The molecule has 94 valence electrons. The fourth-order valence-electron chi connectivity index (χ4n) is 1.52. The van der Waals surface area contributed by atoms with Crippen LogP contribution in [0.4, 0.5) is 0 Å². The maximum Gasteiger partial charge on any atom is 0.124 e. The molecule has 0 N–H and O–H groups in total. The Balaban J connectivity index is 2.18. The van der Waals surface area contributed by atoms with Gasteiger partial charge in [-0.3, -0.25) is 0 Å². The number of benzene rings is 1. The van der Waals surface area contributed by atoms with Crippen LogP contribution in [-0.2, 0) is 0 Å². The highest BCUT2D eigenvalue weighted by Gasteiger charge is 2.24. The lowest BCUT2D eigenvalue weighted by atomic mass is 10.2. The van der Waals surface area contributed by atoms with Gasteiger partial charge in [-0.1, -0.05) is 0 Å². The number of thioether (sulfide) groups is 1. The highest BCUT2D eigenvalue weighted by atomic mass is 32.2. The molecule has 0 amide bonds. The Kier molecular flexibility index (Phi) is 3.57. The minimum atomic E-state index is -0.173. The highest BCUT2D eigenvalue weighted by molar-refractivity contribution is 7.98. The Hall–Kier alpha value is -0.830. The summed E-state index contributed by atoms with van der Waals surface area (Å²) in [4.78, 5) is 1.18. The fraction of sp³-hybridized carbons (Fsp3) is 0.571. The number of ether oxygens (including phenoxy) is 2. The summed E-state index contributed by atoms with van der Waals surface area (Å²) in [5, 5.41) is 0. The molecule has 0 unspecified atom stereocenters. The predicted octanol–water partition coefficient (Wildman–Crippen LogP) is 4.13. The van der Waals surface area contributed by atoms with Gasteiger partial charge in [0, 0.05) is 11.0 Å². The van der Waals surface area contributed by atoms with E-state index in [4.69, 9.17) is 9.47 Å². The average Bonchev–Trinajstić information content (AvgIpc) is 2.98. The van der Waals surface area contributed by atoms with E-state index in [0.29, 0.717) is 6.10 Å². The Bertz CT molecular complexity index is 392. The summed E-state index contributed by atoms with van der Waals surface area (Å²) < 4.78 is 11.7. The molecule has 0 saturated heterocycles. The first-order chi connectivity index (χ1) is 7.96. The van der Waals surface area contributed by atoms with Gasteiger partial charge in [0.15, 0.2) is 0 Å². The molecule has 1 aromatic carbocycles. The topological polar surface area (TPSA) is 18.5 Å². The molecule has 1 saturated carbocycles. The molecular formula is C14H20O2S. The monoisotopic (exact) mass is 252 g/mol. The van der Waals surface area contributed by atoms with Gasteiger partial charge in [0.25, 0.3) is 0 Å². The van der Waals surface area contributed by atoms with E-state index in [1.54, 1.807) is 11.8 Å². The summed E-state index contributed by atoms with van der Waals surface area (Å²) in [7, 11) is 0. The van der Waals surface area contributed by atoms with Gasteiger partial charge in [-0.15, -0.1) is 11.8 Å². The summed E-state index contributed by atoms with van der Waals surface area (Å²) >= 11 is 1.71. The fourth-order valence-corrected chi connectivity index (χ4v) is 1.99. The number of hydrogen-bond donors (Lipinski definition) is 0. The second-order valence-corrected chi connectivity index (χ2v) is 6.26. The zero-order valence-electron chi connectivity index (χ0n) is 10.9. The minimum absolute atomic E-state index is 0.173. The van der Waals surface area contributed by atoms with Crippen molar-refractivity contribution in [1.82, 2.24) is 0 Å². The van der Waals surface area contributed by atoms with E-state index in [1.807, 2.05) is 6.07 Å². The number of hydrogen-bond acceptors (Lipinski definition) is 3. The van der Waals surface area contributed by atoms with Crippen LogP contribution in [-0.4, -0.2) is 18.0 Å². The van der Waals surface area contributed by atoms with E-state index in [1.165, 1.54) is 17.7 Å². The second kappa shape index (κ2) is 4.81. The third-order valence-electron chi connectivity index (χ3n) is 2.34. The lowest BCUT2D eigenvalue weighted by Crippen LogP contribution is -2.22. The van der Waals surface area contributed by atoms with Crippen LogP contribution in [0, 0.1) is 0 Å². The second-order valence-electron chi connectivity index (χ2n) is 5.38. The first-order valence-corrected chi connectivity index (χ1v) is 7.23. The Morgan fingerprint density at radius 3 is 2.29 bits per heavy atom. The third-order valence-corrected chi connectivity index (χ3v) is 3.05. The molecule has 0 aliphatic heterocycles. The third kappa shape index (κ3) is 4.15. The van der Waals surface area contributed by atoms with Crippen LogP contribution in [0.2, 0.25) is 0 Å². The summed E-state index contributed by atoms with van der Waals surface area (Å²) in [6.45, 7) is 6.17. The van der Waals surface area contributed by atoms with E-state index in [2.05, 4.69) is 39.2 Å². The lowest BCUT2D eigenvalue weighted by molar-refractivity contribution is 0.130. The van der Waals surface area contributed by atoms with Crippen LogP contribution in [0.25, 0.3) is 0 Å². The first kappa shape index (κ1) is 12.6. The molecule has 0 heterocycles. The van der Waals surface area contributed by atoms with E-state index >= 15 is 0 Å². The zero-order chi connectivity index (χ0) is 12.5. The van der Waals surface area contributed by atoms with Crippen molar-refractivity contribution in [3.63, 3.8) is 0 Å². The molecule has 2 rings (SSSR count). The smallest absolute Gasteiger partial charge is 0.124 e. The first-order valence-electron chi connectivity index (χ1n) is 6.01. The van der Waals surface area contributed by atoms with Crippen molar-refractivity contribution in [3.05, 3.63) is 18.2 Å². The maximum absolute atomic E-state index is 5.89. The molecule has 0 radical (unpaired) electrons. The van der Waals surface area contributed by atoms with Crippen molar-refractivity contribution in [2.45, 2.75) is 50.2 Å². The van der Waals surface area contributed by atoms with Gasteiger partial charge in [0.2, 0.25) is 0 Å². The van der Waals surface area contributed by atoms with Gasteiger partial charge < -0.3 is 9.47 Å². The van der Waals surface area contributed by atoms with Crippen molar-refractivity contribution in [2.24, 2.45) is 0 Å². The van der Waals surface area contributed by atoms with Crippen LogP contribution < -0.4 is 9.47 Å². The molecule has 0 bridgehead atoms. The normalized spacial score (nSPS) is 15.8. The largest absolute Gasteiger partial charge is 0.490 e. The van der Waals surface area contributed by atoms with Gasteiger partial charge >= 0.3 is 0 Å². The summed E-state index contributed by atoms with van der Waals surface area (Å²) in [5.41, 5.74) is -0.173. The lowest BCUT2D eigenvalue weighted by Gasteiger charge is -2.22. The quantitative estimate of drug-likeness (QED) is 0.751. The molecule has 1 aliphatic rings. The molecule has 0 spiro atoms. The Morgan fingerprint density at radius 2 is 1.76 bits per heavy atom. The van der Waals surface area contributed by atoms with Crippen LogP contribution >= 0.6 is 11.8 Å². The van der Waals surface area contributed by atoms with E-state index < -0.39 is 0 Å². The van der Waals surface area contributed by atoms with Crippen molar-refractivity contribution in [1.29, 1.82) is 0 Å². The van der Waals surface area contributed by atoms with E-state index in [0.717, 1.165) is 11.5 Å². The molecule has 1 aliphatic carbocycles. The summed E-state index contributed by atoms with van der Waals surface area (Å²) in [6, 6.07) is 6.14. The Labute approximate surface area is 108 Å². The van der Waals surface area contributed by atoms with Crippen molar-refractivity contribution < 1.29 is 9.47 Å². The van der Waals surface area contributed by atoms with Crippen molar-refractivity contribution in [2.75, 3.05) is 6.26 Å². The SMILES string of the molecule is CSc1cc(OC2CC2)cc(OC(C)(C)C)c1. The van der Waals surface area contributed by atoms with E-state index in [-0.39, 0.29) is 5.60 Å².